The molecule has 2 aromatic carbocycles. The fraction of sp³-hybridized carbons (Fsp3) is 0.300. The van der Waals surface area contributed by atoms with Crippen LogP contribution in [0.5, 0.6) is 0 Å². The number of hydrogen-bond donors (Lipinski definition) is 1. The Morgan fingerprint density at radius 1 is 1.00 bits per heavy atom. The van der Waals surface area contributed by atoms with Crippen LogP contribution < -0.4 is 5.32 Å². The van der Waals surface area contributed by atoms with Crippen molar-refractivity contribution in [2.45, 2.75) is 26.4 Å². The van der Waals surface area contributed by atoms with Crippen LogP contribution in [0.25, 0.3) is 0 Å². The summed E-state index contributed by atoms with van der Waals surface area (Å²) in [5.74, 6) is -0.0289. The van der Waals surface area contributed by atoms with Gasteiger partial charge in [-0.3, -0.25) is 9.59 Å². The summed E-state index contributed by atoms with van der Waals surface area (Å²) in [7, 11) is 0. The Kier molecular flexibility index (Phi) is 4.65. The molecule has 4 heteroatoms. The maximum atomic E-state index is 13.2. The lowest BCUT2D eigenvalue weighted by molar-refractivity contribution is -0.142. The maximum Gasteiger partial charge on any atom is 0.231 e. The molecule has 0 aromatic heterocycles. The molecule has 1 fully saturated rings. The molecule has 1 N–H and O–H groups in total. The van der Waals surface area contributed by atoms with E-state index in [0.717, 1.165) is 11.1 Å². The van der Waals surface area contributed by atoms with Gasteiger partial charge in [-0.15, -0.1) is 0 Å². The summed E-state index contributed by atoms with van der Waals surface area (Å²) in [6.07, 6.45) is 0.256. The summed E-state index contributed by atoms with van der Waals surface area (Å²) in [5, 5.41) is 2.79. The third-order valence-corrected chi connectivity index (χ3v) is 4.46. The first-order chi connectivity index (χ1) is 11.6. The SMILES string of the molecule is CC1(C(=O)N(Cc2ccccc2)Cc2ccccc2)CNC(=O)C1. The molecule has 1 heterocycles. The smallest absolute Gasteiger partial charge is 0.231 e. The average molecular weight is 322 g/mol. The van der Waals surface area contributed by atoms with Crippen LogP contribution in [0.3, 0.4) is 0 Å². The van der Waals surface area contributed by atoms with Gasteiger partial charge < -0.3 is 10.2 Å². The summed E-state index contributed by atoms with van der Waals surface area (Å²) in [6.45, 7) is 3.36. The van der Waals surface area contributed by atoms with Crippen molar-refractivity contribution in [3.05, 3.63) is 71.8 Å². The maximum absolute atomic E-state index is 13.2. The fourth-order valence-electron chi connectivity index (χ4n) is 3.11. The largest absolute Gasteiger partial charge is 0.355 e. The zero-order valence-corrected chi connectivity index (χ0v) is 13.9. The number of nitrogens with one attached hydrogen (secondary N) is 1. The molecule has 4 nitrogen and oxygen atoms in total. The van der Waals surface area contributed by atoms with Gasteiger partial charge in [-0.2, -0.15) is 0 Å². The van der Waals surface area contributed by atoms with E-state index < -0.39 is 5.41 Å². The number of carbonyl (C=O) groups excluding carboxylic acids is 2. The zero-order valence-electron chi connectivity index (χ0n) is 13.9. The topological polar surface area (TPSA) is 49.4 Å². The second-order valence-corrected chi connectivity index (χ2v) is 6.65. The highest BCUT2D eigenvalue weighted by Crippen LogP contribution is 2.29. The van der Waals surface area contributed by atoms with Gasteiger partial charge in [0.1, 0.15) is 0 Å². The van der Waals surface area contributed by atoms with Gasteiger partial charge in [-0.25, -0.2) is 0 Å². The van der Waals surface area contributed by atoms with E-state index in [9.17, 15) is 9.59 Å². The monoisotopic (exact) mass is 322 g/mol. The predicted molar refractivity (Wildman–Crippen MR) is 92.9 cm³/mol. The molecule has 1 aliphatic rings. The molecule has 1 unspecified atom stereocenters. The van der Waals surface area contributed by atoms with Crippen LogP contribution in [-0.4, -0.2) is 23.3 Å². The minimum atomic E-state index is -0.666. The van der Waals surface area contributed by atoms with Crippen molar-refractivity contribution in [2.24, 2.45) is 5.41 Å². The minimum Gasteiger partial charge on any atom is -0.355 e. The second kappa shape index (κ2) is 6.87. The van der Waals surface area contributed by atoms with Crippen LogP contribution in [-0.2, 0) is 22.7 Å². The summed E-state index contributed by atoms with van der Waals surface area (Å²) < 4.78 is 0. The lowest BCUT2D eigenvalue weighted by atomic mass is 9.87. The molecule has 124 valence electrons. The minimum absolute atomic E-state index is 0.0218. The lowest BCUT2D eigenvalue weighted by Crippen LogP contribution is -2.43. The Morgan fingerprint density at radius 2 is 1.50 bits per heavy atom. The van der Waals surface area contributed by atoms with E-state index in [2.05, 4.69) is 5.32 Å². The van der Waals surface area contributed by atoms with E-state index in [-0.39, 0.29) is 18.2 Å². The predicted octanol–water partition coefficient (Wildman–Crippen LogP) is 2.74. The molecule has 0 radical (unpaired) electrons. The second-order valence-electron chi connectivity index (χ2n) is 6.65. The van der Waals surface area contributed by atoms with Gasteiger partial charge in [-0.05, 0) is 18.1 Å². The number of benzene rings is 2. The highest BCUT2D eigenvalue weighted by Gasteiger charge is 2.43. The average Bonchev–Trinajstić information content (AvgIpc) is 2.96. The van der Waals surface area contributed by atoms with Gasteiger partial charge in [0.25, 0.3) is 0 Å². The Balaban J connectivity index is 1.83. The van der Waals surface area contributed by atoms with E-state index in [1.165, 1.54) is 0 Å². The molecular weight excluding hydrogens is 300 g/mol. The van der Waals surface area contributed by atoms with Gasteiger partial charge in [-0.1, -0.05) is 60.7 Å². The highest BCUT2D eigenvalue weighted by atomic mass is 16.2. The number of hydrogen-bond acceptors (Lipinski definition) is 2. The van der Waals surface area contributed by atoms with Crippen molar-refractivity contribution in [1.82, 2.24) is 10.2 Å². The molecule has 2 amide bonds. The molecule has 0 bridgehead atoms. The van der Waals surface area contributed by atoms with Crippen LogP contribution >= 0.6 is 0 Å². The molecule has 24 heavy (non-hydrogen) atoms. The molecule has 1 atom stereocenters. The molecule has 1 aliphatic heterocycles. The molecule has 1 saturated heterocycles. The third-order valence-electron chi connectivity index (χ3n) is 4.46. The van der Waals surface area contributed by atoms with Crippen LogP contribution in [0.2, 0.25) is 0 Å². The quantitative estimate of drug-likeness (QED) is 0.920. The number of amides is 2. The van der Waals surface area contributed by atoms with Crippen LogP contribution in [0.1, 0.15) is 24.5 Å². The molecule has 0 spiro atoms. The van der Waals surface area contributed by atoms with Crippen molar-refractivity contribution in [3.8, 4) is 0 Å². The van der Waals surface area contributed by atoms with Crippen LogP contribution in [0.4, 0.5) is 0 Å². The highest BCUT2D eigenvalue weighted by molar-refractivity contribution is 5.92. The Bertz CT molecular complexity index is 673. The first kappa shape index (κ1) is 16.2. The van der Waals surface area contributed by atoms with E-state index in [1.807, 2.05) is 72.5 Å². The zero-order chi connectivity index (χ0) is 17.0. The first-order valence-corrected chi connectivity index (χ1v) is 8.21. The van der Waals surface area contributed by atoms with Crippen molar-refractivity contribution < 1.29 is 9.59 Å². The fourth-order valence-corrected chi connectivity index (χ4v) is 3.11. The summed E-state index contributed by atoms with van der Waals surface area (Å²) >= 11 is 0. The Labute approximate surface area is 142 Å². The molecular formula is C20H22N2O2. The number of nitrogens with zero attached hydrogens (tertiary/aromatic N) is 1. The third kappa shape index (κ3) is 3.65. The van der Waals surface area contributed by atoms with Gasteiger partial charge in [0.15, 0.2) is 0 Å². The van der Waals surface area contributed by atoms with Crippen molar-refractivity contribution in [3.63, 3.8) is 0 Å². The Morgan fingerprint density at radius 3 is 1.92 bits per heavy atom. The molecule has 0 aliphatic carbocycles. The first-order valence-electron chi connectivity index (χ1n) is 8.21. The number of rotatable bonds is 5. The number of carbonyl (C=O) groups is 2. The summed E-state index contributed by atoms with van der Waals surface area (Å²) in [4.78, 5) is 26.6. The molecule has 3 rings (SSSR count). The lowest BCUT2D eigenvalue weighted by Gasteiger charge is -2.31. The summed E-state index contributed by atoms with van der Waals surface area (Å²) in [5.41, 5.74) is 1.51. The van der Waals surface area contributed by atoms with Crippen molar-refractivity contribution in [2.75, 3.05) is 6.54 Å². The van der Waals surface area contributed by atoms with E-state index >= 15 is 0 Å². The van der Waals surface area contributed by atoms with Gasteiger partial charge in [0, 0.05) is 26.1 Å². The van der Waals surface area contributed by atoms with Crippen LogP contribution in [0.15, 0.2) is 60.7 Å². The van der Waals surface area contributed by atoms with Gasteiger partial charge in [0.2, 0.25) is 11.8 Å². The van der Waals surface area contributed by atoms with Gasteiger partial charge >= 0.3 is 0 Å². The van der Waals surface area contributed by atoms with Crippen molar-refractivity contribution in [1.29, 1.82) is 0 Å². The standard InChI is InChI=1S/C20H22N2O2/c1-20(12-18(23)21-15-20)19(24)22(13-16-8-4-2-5-9-16)14-17-10-6-3-7-11-17/h2-11H,12-15H2,1H3,(H,21,23). The van der Waals surface area contributed by atoms with E-state index in [0.29, 0.717) is 19.6 Å². The normalized spacial score (nSPS) is 19.8. The summed E-state index contributed by atoms with van der Waals surface area (Å²) in [6, 6.07) is 19.9. The van der Waals surface area contributed by atoms with E-state index in [1.54, 1.807) is 0 Å². The van der Waals surface area contributed by atoms with Crippen LogP contribution in [0, 0.1) is 5.41 Å². The Hall–Kier alpha value is -2.62. The molecule has 2 aromatic rings. The van der Waals surface area contributed by atoms with Gasteiger partial charge in [0.05, 0.1) is 5.41 Å². The molecule has 0 saturated carbocycles. The van der Waals surface area contributed by atoms with E-state index in [4.69, 9.17) is 0 Å². The van der Waals surface area contributed by atoms with Crippen molar-refractivity contribution >= 4 is 11.8 Å².